The van der Waals surface area contributed by atoms with Gasteiger partial charge < -0.3 is 20.1 Å². The van der Waals surface area contributed by atoms with Crippen LogP contribution in [-0.2, 0) is 9.59 Å². The Morgan fingerprint density at radius 1 is 1.22 bits per heavy atom. The van der Waals surface area contributed by atoms with Crippen LogP contribution in [0.25, 0.3) is 11.1 Å². The number of likely N-dealkylation sites (tertiary alicyclic amines) is 1. The Balaban J connectivity index is 1.42. The molecule has 4 atom stereocenters. The van der Waals surface area contributed by atoms with Crippen LogP contribution in [0.15, 0.2) is 36.5 Å². The molecule has 2 aliphatic rings. The summed E-state index contributed by atoms with van der Waals surface area (Å²) < 4.78 is 33.5. The van der Waals surface area contributed by atoms with Crippen molar-refractivity contribution in [1.29, 1.82) is 0 Å². The van der Waals surface area contributed by atoms with Gasteiger partial charge in [-0.1, -0.05) is 6.07 Å². The summed E-state index contributed by atoms with van der Waals surface area (Å²) >= 11 is 0. The molecule has 0 spiro atoms. The maximum Gasteiger partial charge on any atom is 0.248 e. The average molecular weight is 445 g/mol. The first-order valence-corrected chi connectivity index (χ1v) is 10.6. The Morgan fingerprint density at radius 3 is 2.62 bits per heavy atom. The van der Waals surface area contributed by atoms with Crippen LogP contribution in [0.5, 0.6) is 5.75 Å². The van der Waals surface area contributed by atoms with Crippen LogP contribution in [0.2, 0.25) is 0 Å². The van der Waals surface area contributed by atoms with E-state index in [9.17, 15) is 18.4 Å². The number of hydrogen-bond acceptors (Lipinski definition) is 5. The number of pyridine rings is 1. The first-order chi connectivity index (χ1) is 15.4. The summed E-state index contributed by atoms with van der Waals surface area (Å²) in [4.78, 5) is 28.9. The number of carbonyl (C=O) groups is 2. The number of nitrogens with zero attached hydrogens (tertiary/aromatic N) is 2. The van der Waals surface area contributed by atoms with Gasteiger partial charge in [-0.15, -0.1) is 0 Å². The highest BCUT2D eigenvalue weighted by Crippen LogP contribution is 2.35. The molecule has 2 fully saturated rings. The van der Waals surface area contributed by atoms with Crippen LogP contribution >= 0.6 is 0 Å². The van der Waals surface area contributed by atoms with Crippen molar-refractivity contribution in [2.24, 2.45) is 5.92 Å². The van der Waals surface area contributed by atoms with Gasteiger partial charge in [0.2, 0.25) is 11.8 Å². The molecule has 1 aromatic carbocycles. The standard InChI is InChI=1S/C23H25F2N3O4/c1-13-8-14(15-4-6-26-21(9-15)27-23(31)16-10-17(16)24)2-3-19(13)32-20-5-7-28(11-18(20)25)22(30)12-29/h2-4,6,8-9,16-18,20,29H,5,7,10-12H2,1H3,(H,26,27,31)/t16-,17-,18-,20+/m1/s1. The van der Waals surface area contributed by atoms with Gasteiger partial charge in [-0.2, -0.15) is 0 Å². The Morgan fingerprint density at radius 2 is 1.97 bits per heavy atom. The number of aryl methyl sites for hydroxylation is 1. The highest BCUT2D eigenvalue weighted by atomic mass is 19.1. The lowest BCUT2D eigenvalue weighted by Crippen LogP contribution is -2.50. The summed E-state index contributed by atoms with van der Waals surface area (Å²) in [5.41, 5.74) is 2.49. The van der Waals surface area contributed by atoms with Crippen LogP contribution in [0, 0.1) is 12.8 Å². The number of aliphatic hydroxyl groups is 1. The van der Waals surface area contributed by atoms with E-state index in [4.69, 9.17) is 9.84 Å². The van der Waals surface area contributed by atoms with Crippen molar-refractivity contribution in [2.45, 2.75) is 38.2 Å². The number of benzene rings is 1. The topological polar surface area (TPSA) is 91.8 Å². The van der Waals surface area contributed by atoms with E-state index in [1.807, 2.05) is 19.1 Å². The van der Waals surface area contributed by atoms with E-state index >= 15 is 0 Å². The minimum Gasteiger partial charge on any atom is -0.487 e. The molecule has 0 bridgehead atoms. The maximum atomic E-state index is 14.5. The number of anilines is 1. The maximum absolute atomic E-state index is 14.5. The fraction of sp³-hybridized carbons (Fsp3) is 0.435. The summed E-state index contributed by atoms with van der Waals surface area (Å²) in [6.45, 7) is 1.46. The van der Waals surface area contributed by atoms with E-state index in [1.54, 1.807) is 24.4 Å². The molecule has 0 radical (unpaired) electrons. The largest absolute Gasteiger partial charge is 0.487 e. The van der Waals surface area contributed by atoms with Crippen LogP contribution in [0.4, 0.5) is 14.6 Å². The molecular weight excluding hydrogens is 420 g/mol. The molecule has 1 saturated heterocycles. The van der Waals surface area contributed by atoms with E-state index < -0.39 is 36.9 Å². The minimum absolute atomic E-state index is 0.100. The number of halogens is 2. The molecule has 1 aromatic heterocycles. The third-order valence-electron chi connectivity index (χ3n) is 5.82. The predicted molar refractivity (Wildman–Crippen MR) is 114 cm³/mol. The number of nitrogens with one attached hydrogen (secondary N) is 1. The van der Waals surface area contributed by atoms with Crippen molar-refractivity contribution in [3.05, 3.63) is 42.1 Å². The number of carbonyl (C=O) groups excluding carboxylic acids is 2. The number of aliphatic hydroxyl groups excluding tert-OH is 1. The fourth-order valence-electron chi connectivity index (χ4n) is 3.80. The van der Waals surface area contributed by atoms with Gasteiger partial charge in [0.05, 0.1) is 12.5 Å². The lowest BCUT2D eigenvalue weighted by atomic mass is 10.0. The first kappa shape index (κ1) is 22.1. The second-order valence-corrected chi connectivity index (χ2v) is 8.22. The Hall–Kier alpha value is -3.07. The zero-order chi connectivity index (χ0) is 22.8. The first-order valence-electron chi connectivity index (χ1n) is 10.6. The molecule has 9 heteroatoms. The smallest absolute Gasteiger partial charge is 0.248 e. The van der Waals surface area contributed by atoms with Gasteiger partial charge >= 0.3 is 0 Å². The van der Waals surface area contributed by atoms with Crippen LogP contribution in [0.1, 0.15) is 18.4 Å². The Bertz CT molecular complexity index is 1020. The number of aromatic nitrogens is 1. The molecule has 2 N–H and O–H groups in total. The van der Waals surface area contributed by atoms with Crippen molar-refractivity contribution in [3.63, 3.8) is 0 Å². The predicted octanol–water partition coefficient (Wildman–Crippen LogP) is 2.66. The van der Waals surface area contributed by atoms with Crippen LogP contribution in [-0.4, -0.2) is 64.9 Å². The highest BCUT2D eigenvalue weighted by Gasteiger charge is 2.43. The zero-order valence-corrected chi connectivity index (χ0v) is 17.6. The normalized spacial score (nSPS) is 24.7. The Kier molecular flexibility index (Phi) is 6.36. The summed E-state index contributed by atoms with van der Waals surface area (Å²) in [5.74, 6) is -0.537. The number of ether oxygens (including phenoxy) is 1. The molecule has 1 aliphatic carbocycles. The minimum atomic E-state index is -1.35. The van der Waals surface area contributed by atoms with Crippen molar-refractivity contribution in [2.75, 3.05) is 25.0 Å². The highest BCUT2D eigenvalue weighted by molar-refractivity contribution is 5.94. The van der Waals surface area contributed by atoms with Gasteiger partial charge in [-0.3, -0.25) is 9.59 Å². The van der Waals surface area contributed by atoms with Crippen molar-refractivity contribution >= 4 is 17.6 Å². The molecule has 32 heavy (non-hydrogen) atoms. The SMILES string of the molecule is Cc1cc(-c2ccnc(NC(=O)[C@@H]3C[C@H]3F)c2)ccc1O[C@H]1CCN(C(=O)CO)C[C@H]1F. The fourth-order valence-corrected chi connectivity index (χ4v) is 3.80. The van der Waals surface area contributed by atoms with Crippen molar-refractivity contribution < 1.29 is 28.2 Å². The third-order valence-corrected chi connectivity index (χ3v) is 5.82. The number of piperidine rings is 1. The van der Waals surface area contributed by atoms with Crippen molar-refractivity contribution in [1.82, 2.24) is 9.88 Å². The number of alkyl halides is 2. The second-order valence-electron chi connectivity index (χ2n) is 8.22. The van der Waals surface area contributed by atoms with Gasteiger partial charge in [0.15, 0.2) is 6.17 Å². The van der Waals surface area contributed by atoms with Gasteiger partial charge in [0.25, 0.3) is 0 Å². The summed E-state index contributed by atoms with van der Waals surface area (Å²) in [6, 6.07) is 9.00. The van der Waals surface area contributed by atoms with Crippen molar-refractivity contribution in [3.8, 4) is 16.9 Å². The lowest BCUT2D eigenvalue weighted by molar-refractivity contribution is -0.138. The van der Waals surface area contributed by atoms with E-state index in [-0.39, 0.29) is 18.9 Å². The quantitative estimate of drug-likeness (QED) is 0.713. The van der Waals surface area contributed by atoms with E-state index in [2.05, 4.69) is 10.3 Å². The lowest BCUT2D eigenvalue weighted by Gasteiger charge is -2.34. The molecule has 170 valence electrons. The van der Waals surface area contributed by atoms with E-state index in [0.29, 0.717) is 24.5 Å². The monoisotopic (exact) mass is 445 g/mol. The summed E-state index contributed by atoms with van der Waals surface area (Å²) in [6.07, 6.45) is -0.934. The number of hydrogen-bond donors (Lipinski definition) is 2. The Labute approximate surface area is 184 Å². The average Bonchev–Trinajstić information content (AvgIpc) is 3.52. The van der Waals surface area contributed by atoms with Gasteiger partial charge in [0, 0.05) is 19.2 Å². The van der Waals surface area contributed by atoms with E-state index in [0.717, 1.165) is 16.7 Å². The third kappa shape index (κ3) is 4.88. The molecule has 2 heterocycles. The van der Waals surface area contributed by atoms with Gasteiger partial charge in [0.1, 0.15) is 30.4 Å². The van der Waals surface area contributed by atoms with Gasteiger partial charge in [-0.05, 0) is 54.3 Å². The molecule has 7 nitrogen and oxygen atoms in total. The summed E-state index contributed by atoms with van der Waals surface area (Å²) in [7, 11) is 0. The van der Waals surface area contributed by atoms with Crippen LogP contribution in [0.3, 0.4) is 0 Å². The van der Waals surface area contributed by atoms with E-state index in [1.165, 1.54) is 4.90 Å². The van der Waals surface area contributed by atoms with Gasteiger partial charge in [-0.25, -0.2) is 13.8 Å². The number of rotatable bonds is 6. The number of amides is 2. The summed E-state index contributed by atoms with van der Waals surface area (Å²) in [5, 5.41) is 11.6. The molecule has 1 saturated carbocycles. The molecule has 4 rings (SSSR count). The molecule has 1 aliphatic heterocycles. The van der Waals surface area contributed by atoms with Crippen LogP contribution < -0.4 is 10.1 Å². The molecular formula is C23H25F2N3O4. The zero-order valence-electron chi connectivity index (χ0n) is 17.6. The molecule has 2 amide bonds. The second kappa shape index (κ2) is 9.20. The molecule has 0 unspecified atom stereocenters. The molecule has 2 aromatic rings.